The maximum Gasteiger partial charge on any atom is 0.271 e. The van der Waals surface area contributed by atoms with Crippen LogP contribution in [0.4, 0.5) is 15.9 Å². The summed E-state index contributed by atoms with van der Waals surface area (Å²) >= 11 is 6.47. The van der Waals surface area contributed by atoms with Crippen molar-refractivity contribution in [2.24, 2.45) is 0 Å². The zero-order valence-corrected chi connectivity index (χ0v) is 16.8. The maximum atomic E-state index is 13.7. The fourth-order valence-electron chi connectivity index (χ4n) is 3.47. The van der Waals surface area contributed by atoms with Gasteiger partial charge in [0, 0.05) is 22.3 Å². The van der Waals surface area contributed by atoms with Gasteiger partial charge in [0.15, 0.2) is 5.82 Å². The van der Waals surface area contributed by atoms with Crippen LogP contribution in [0.25, 0.3) is 33.1 Å². The van der Waals surface area contributed by atoms with E-state index in [1.165, 1.54) is 12.1 Å². The summed E-state index contributed by atoms with van der Waals surface area (Å²) in [5.41, 5.74) is 4.84. The molecule has 9 heteroatoms. The van der Waals surface area contributed by atoms with Crippen LogP contribution in [0.1, 0.15) is 11.3 Å². The van der Waals surface area contributed by atoms with Crippen LogP contribution in [0, 0.1) is 19.7 Å². The van der Waals surface area contributed by atoms with Gasteiger partial charge in [-0.2, -0.15) is 5.10 Å². The minimum atomic E-state index is -0.341. The molecule has 0 bridgehead atoms. The average molecular weight is 423 g/mol. The second-order valence-corrected chi connectivity index (χ2v) is 7.52. The van der Waals surface area contributed by atoms with Crippen LogP contribution in [0.5, 0.6) is 0 Å². The Bertz CT molecular complexity index is 1500. The summed E-state index contributed by atoms with van der Waals surface area (Å²) < 4.78 is 13.7. The molecule has 4 N–H and O–H groups in total. The molecule has 0 radical (unpaired) electrons. The molecule has 0 unspecified atom stereocenters. The average Bonchev–Trinajstić information content (AvgIpc) is 3.27. The lowest BCUT2D eigenvalue weighted by molar-refractivity contribution is 0.630. The standard InChI is InChI=1S/C21H16ClFN6O/c1-9-10(2)24-18(12-6-14-19(7-15(12)22)27-29-21(14)30)8-17(9)25-20-13-5-11(23)3-4-16(13)26-28-20/h3-8H,1-2H3,(H2,27,29,30)(H2,24,25,26,28). The number of H-pyrrole nitrogens is 3. The van der Waals surface area contributed by atoms with Gasteiger partial charge in [0.1, 0.15) is 5.82 Å². The molecule has 2 aromatic carbocycles. The van der Waals surface area contributed by atoms with E-state index in [4.69, 9.17) is 11.6 Å². The van der Waals surface area contributed by atoms with E-state index in [1.54, 1.807) is 18.2 Å². The molecule has 5 aromatic rings. The summed E-state index contributed by atoms with van der Waals surface area (Å²) in [5, 5.41) is 17.4. The molecule has 3 aromatic heterocycles. The maximum absolute atomic E-state index is 13.7. The fraction of sp³-hybridized carbons (Fsp3) is 0.0952. The van der Waals surface area contributed by atoms with Gasteiger partial charge in [-0.1, -0.05) is 11.6 Å². The number of nitrogens with zero attached hydrogens (tertiary/aromatic N) is 2. The molecule has 3 heterocycles. The zero-order valence-electron chi connectivity index (χ0n) is 16.0. The molecule has 0 atom stereocenters. The number of halogens is 2. The van der Waals surface area contributed by atoms with Crippen LogP contribution < -0.4 is 10.9 Å². The Morgan fingerprint density at radius 3 is 2.70 bits per heavy atom. The van der Waals surface area contributed by atoms with Crippen LogP contribution in [0.2, 0.25) is 5.02 Å². The number of rotatable bonds is 3. The Morgan fingerprint density at radius 2 is 1.87 bits per heavy atom. The summed E-state index contributed by atoms with van der Waals surface area (Å²) in [4.78, 5) is 16.7. The van der Waals surface area contributed by atoms with Crippen molar-refractivity contribution in [1.29, 1.82) is 0 Å². The van der Waals surface area contributed by atoms with Crippen molar-refractivity contribution in [2.45, 2.75) is 13.8 Å². The molecule has 0 fully saturated rings. The van der Waals surface area contributed by atoms with Gasteiger partial charge in [-0.25, -0.2) is 4.39 Å². The van der Waals surface area contributed by atoms with E-state index >= 15 is 0 Å². The highest BCUT2D eigenvalue weighted by molar-refractivity contribution is 6.34. The van der Waals surface area contributed by atoms with E-state index in [0.29, 0.717) is 38.4 Å². The van der Waals surface area contributed by atoms with Crippen molar-refractivity contribution < 1.29 is 4.39 Å². The van der Waals surface area contributed by atoms with Gasteiger partial charge in [-0.3, -0.25) is 25.1 Å². The molecule has 7 nitrogen and oxygen atoms in total. The summed E-state index contributed by atoms with van der Waals surface area (Å²) in [5.74, 6) is 0.167. The van der Waals surface area contributed by atoms with E-state index in [1.807, 2.05) is 19.9 Å². The number of hydrogen-bond acceptors (Lipinski definition) is 4. The first kappa shape index (κ1) is 18.4. The van der Waals surface area contributed by atoms with Crippen molar-refractivity contribution in [3.8, 4) is 11.3 Å². The Hall–Kier alpha value is -3.65. The van der Waals surface area contributed by atoms with Gasteiger partial charge in [0.05, 0.1) is 27.1 Å². The molecule has 150 valence electrons. The number of anilines is 2. The van der Waals surface area contributed by atoms with E-state index in [-0.39, 0.29) is 11.4 Å². The Balaban J connectivity index is 1.64. The van der Waals surface area contributed by atoms with Crippen molar-refractivity contribution in [3.63, 3.8) is 0 Å². The highest BCUT2D eigenvalue weighted by Gasteiger charge is 2.15. The highest BCUT2D eigenvalue weighted by atomic mass is 35.5. The molecule has 0 spiro atoms. The zero-order chi connectivity index (χ0) is 21.0. The van der Waals surface area contributed by atoms with Gasteiger partial charge in [0.2, 0.25) is 0 Å². The monoisotopic (exact) mass is 422 g/mol. The molecule has 0 aliphatic heterocycles. The molecular formula is C21H16ClFN6O. The van der Waals surface area contributed by atoms with Crippen LogP contribution >= 0.6 is 11.6 Å². The normalized spacial score (nSPS) is 11.5. The predicted molar refractivity (Wildman–Crippen MR) is 116 cm³/mol. The van der Waals surface area contributed by atoms with Gasteiger partial charge in [-0.15, -0.1) is 0 Å². The van der Waals surface area contributed by atoms with E-state index < -0.39 is 0 Å². The molecular weight excluding hydrogens is 407 g/mol. The number of nitrogens with one attached hydrogen (secondary N) is 4. The Kier molecular flexibility index (Phi) is 4.11. The fourth-order valence-corrected chi connectivity index (χ4v) is 3.73. The van der Waals surface area contributed by atoms with Crippen molar-refractivity contribution in [3.05, 3.63) is 68.8 Å². The topological polar surface area (TPSA) is 102 Å². The van der Waals surface area contributed by atoms with Gasteiger partial charge >= 0.3 is 0 Å². The summed E-state index contributed by atoms with van der Waals surface area (Å²) in [6, 6.07) is 9.70. The molecule has 5 rings (SSSR count). The highest BCUT2D eigenvalue weighted by Crippen LogP contribution is 2.34. The number of hydrogen-bond donors (Lipinski definition) is 4. The minimum absolute atomic E-state index is 0.227. The number of aromatic amines is 3. The van der Waals surface area contributed by atoms with Crippen molar-refractivity contribution >= 4 is 44.9 Å². The number of fused-ring (bicyclic) bond motifs is 2. The quantitative estimate of drug-likeness (QED) is 0.330. The number of aromatic nitrogens is 5. The van der Waals surface area contributed by atoms with Crippen LogP contribution in [-0.4, -0.2) is 25.4 Å². The lowest BCUT2D eigenvalue weighted by Crippen LogP contribution is -2.01. The number of aryl methyl sites for hydroxylation is 1. The molecule has 30 heavy (non-hydrogen) atoms. The Morgan fingerprint density at radius 1 is 1.03 bits per heavy atom. The van der Waals surface area contributed by atoms with Crippen molar-refractivity contribution in [1.82, 2.24) is 25.4 Å². The Labute approximate surface area is 174 Å². The van der Waals surface area contributed by atoms with Gasteiger partial charge in [-0.05, 0) is 55.8 Å². The third-order valence-electron chi connectivity index (χ3n) is 5.23. The van der Waals surface area contributed by atoms with Gasteiger partial charge < -0.3 is 5.32 Å². The first-order valence-electron chi connectivity index (χ1n) is 9.20. The third kappa shape index (κ3) is 2.93. The summed E-state index contributed by atoms with van der Waals surface area (Å²) in [6.07, 6.45) is 0. The summed E-state index contributed by atoms with van der Waals surface area (Å²) in [7, 11) is 0. The number of pyridine rings is 1. The molecule has 0 aliphatic rings. The van der Waals surface area contributed by atoms with Crippen LogP contribution in [0.3, 0.4) is 0 Å². The summed E-state index contributed by atoms with van der Waals surface area (Å²) in [6.45, 7) is 3.83. The number of benzene rings is 2. The SMILES string of the molecule is Cc1nc(-c2cc3c(=O)[nH][nH]c3cc2Cl)cc(Nc2n[nH]c3ccc(F)cc23)c1C. The molecule has 0 amide bonds. The van der Waals surface area contributed by atoms with E-state index in [0.717, 1.165) is 22.5 Å². The van der Waals surface area contributed by atoms with E-state index in [9.17, 15) is 9.18 Å². The van der Waals surface area contributed by atoms with Crippen molar-refractivity contribution in [2.75, 3.05) is 5.32 Å². The lowest BCUT2D eigenvalue weighted by Gasteiger charge is -2.13. The first-order chi connectivity index (χ1) is 14.4. The largest absolute Gasteiger partial charge is 0.338 e. The van der Waals surface area contributed by atoms with Crippen LogP contribution in [0.15, 0.2) is 41.2 Å². The molecule has 0 saturated heterocycles. The second-order valence-electron chi connectivity index (χ2n) is 7.11. The molecule has 0 saturated carbocycles. The minimum Gasteiger partial charge on any atom is -0.338 e. The smallest absolute Gasteiger partial charge is 0.271 e. The molecule has 0 aliphatic carbocycles. The van der Waals surface area contributed by atoms with Gasteiger partial charge in [0.25, 0.3) is 5.56 Å². The third-order valence-corrected chi connectivity index (χ3v) is 5.55. The lowest BCUT2D eigenvalue weighted by atomic mass is 10.1. The predicted octanol–water partition coefficient (Wildman–Crippen LogP) is 4.95. The first-order valence-corrected chi connectivity index (χ1v) is 9.57. The van der Waals surface area contributed by atoms with E-state index in [2.05, 4.69) is 30.7 Å². The van der Waals surface area contributed by atoms with Crippen LogP contribution in [-0.2, 0) is 0 Å². The second kappa shape index (κ2) is 6.70.